The van der Waals surface area contributed by atoms with Crippen LogP contribution < -0.4 is 4.90 Å². The van der Waals surface area contributed by atoms with E-state index in [0.717, 1.165) is 91.7 Å². The number of hydrogen-bond donors (Lipinski definition) is 2. The normalized spacial score (nSPS) is 18.1. The number of aryl methyl sites for hydroxylation is 3. The number of nitrogens with one attached hydrogen (secondary N) is 1. The van der Waals surface area contributed by atoms with Crippen LogP contribution in [-0.4, -0.2) is 56.2 Å². The topological polar surface area (TPSA) is 94.6 Å². The molecule has 1 fully saturated rings. The molecule has 2 aliphatic rings. The van der Waals surface area contributed by atoms with Crippen LogP contribution in [0.1, 0.15) is 93.2 Å². The molecule has 226 valence electrons. The fraction of sp³-hybridized carbons (Fsp3) is 0.559. The van der Waals surface area contributed by atoms with E-state index in [0.29, 0.717) is 5.56 Å². The first-order chi connectivity index (χ1) is 19.7. The Kier molecular flexibility index (Phi) is 8.25. The van der Waals surface area contributed by atoms with Crippen molar-refractivity contribution in [3.05, 3.63) is 64.0 Å². The predicted octanol–water partition coefficient (Wildman–Crippen LogP) is 6.52. The lowest BCUT2D eigenvalue weighted by Crippen LogP contribution is -2.39. The number of fused-ring (bicyclic) bond motifs is 1. The minimum atomic E-state index is -1.11. The summed E-state index contributed by atoms with van der Waals surface area (Å²) in [6.07, 6.45) is 3.92. The highest BCUT2D eigenvalue weighted by Crippen LogP contribution is 2.45. The van der Waals surface area contributed by atoms with Crippen molar-refractivity contribution in [2.75, 3.05) is 24.5 Å². The van der Waals surface area contributed by atoms with Gasteiger partial charge in [-0.1, -0.05) is 32.0 Å². The van der Waals surface area contributed by atoms with Gasteiger partial charge in [0.05, 0.1) is 17.0 Å². The number of ether oxygens (including phenoxy) is 1. The number of carbonyl (C=O) groups is 1. The van der Waals surface area contributed by atoms with Crippen LogP contribution >= 0.6 is 0 Å². The van der Waals surface area contributed by atoms with Gasteiger partial charge in [-0.2, -0.15) is 0 Å². The molecule has 0 aliphatic carbocycles. The molecular weight excluding hydrogens is 526 g/mol. The maximum atomic E-state index is 12.8. The number of nitrogens with zero attached hydrogens (tertiary/aromatic N) is 4. The summed E-state index contributed by atoms with van der Waals surface area (Å²) in [7, 11) is 0. The van der Waals surface area contributed by atoms with Gasteiger partial charge in [0.1, 0.15) is 5.82 Å². The quantitative estimate of drug-likeness (QED) is 0.332. The molecular formula is C34H47N5O3. The van der Waals surface area contributed by atoms with E-state index in [-0.39, 0.29) is 5.41 Å². The average molecular weight is 574 g/mol. The first kappa shape index (κ1) is 30.2. The first-order valence-electron chi connectivity index (χ1n) is 15.2. The van der Waals surface area contributed by atoms with Crippen LogP contribution in [0.15, 0.2) is 24.4 Å². The molecule has 3 aromatic rings. The Morgan fingerprint density at radius 3 is 2.40 bits per heavy atom. The highest BCUT2D eigenvalue weighted by Gasteiger charge is 2.36. The van der Waals surface area contributed by atoms with Crippen molar-refractivity contribution in [2.45, 2.75) is 99.4 Å². The molecule has 2 aliphatic heterocycles. The van der Waals surface area contributed by atoms with Crippen LogP contribution in [-0.2, 0) is 29.0 Å². The van der Waals surface area contributed by atoms with Gasteiger partial charge >= 0.3 is 5.97 Å². The average Bonchev–Trinajstić information content (AvgIpc) is 3.30. The second kappa shape index (κ2) is 11.5. The molecule has 2 N–H and O–H groups in total. The molecule has 0 unspecified atom stereocenters. The summed E-state index contributed by atoms with van der Waals surface area (Å²) >= 11 is 0. The van der Waals surface area contributed by atoms with Crippen molar-refractivity contribution in [2.24, 2.45) is 5.41 Å². The number of anilines is 1. The fourth-order valence-electron chi connectivity index (χ4n) is 6.43. The molecule has 42 heavy (non-hydrogen) atoms. The zero-order valence-corrected chi connectivity index (χ0v) is 26.6. The smallest absolute Gasteiger partial charge is 0.337 e. The number of carboxylic acids is 1. The summed E-state index contributed by atoms with van der Waals surface area (Å²) in [5, 5.41) is 10.5. The molecule has 0 saturated carbocycles. The summed E-state index contributed by atoms with van der Waals surface area (Å²) in [6, 6.07) is 6.75. The maximum absolute atomic E-state index is 12.8. The van der Waals surface area contributed by atoms with E-state index in [1.54, 1.807) is 0 Å². The molecule has 0 bridgehead atoms. The Morgan fingerprint density at radius 2 is 1.79 bits per heavy atom. The second-order valence-electron chi connectivity index (χ2n) is 13.9. The molecule has 1 atom stereocenters. The minimum absolute atomic E-state index is 0.258. The number of piperidine rings is 1. The van der Waals surface area contributed by atoms with Gasteiger partial charge in [0.25, 0.3) is 0 Å². The van der Waals surface area contributed by atoms with E-state index in [4.69, 9.17) is 9.72 Å². The molecule has 4 heterocycles. The van der Waals surface area contributed by atoms with Crippen LogP contribution in [0, 0.1) is 26.2 Å². The number of aromatic nitrogens is 3. The third-order valence-electron chi connectivity index (χ3n) is 8.70. The van der Waals surface area contributed by atoms with Gasteiger partial charge in [0.15, 0.2) is 6.10 Å². The number of pyridine rings is 1. The summed E-state index contributed by atoms with van der Waals surface area (Å²) in [5.74, 6) is -0.0412. The molecule has 8 heteroatoms. The maximum Gasteiger partial charge on any atom is 0.337 e. The predicted molar refractivity (Wildman–Crippen MR) is 167 cm³/mol. The van der Waals surface area contributed by atoms with E-state index in [1.807, 2.05) is 40.8 Å². The van der Waals surface area contributed by atoms with E-state index < -0.39 is 17.7 Å². The minimum Gasteiger partial charge on any atom is -0.479 e. The Morgan fingerprint density at radius 1 is 1.07 bits per heavy atom. The molecule has 1 aromatic carbocycles. The number of carboxylic acid groups (broad SMARTS) is 1. The zero-order valence-electron chi connectivity index (χ0n) is 26.6. The van der Waals surface area contributed by atoms with Crippen molar-refractivity contribution < 1.29 is 14.6 Å². The Bertz CT molecular complexity index is 1460. The monoisotopic (exact) mass is 573 g/mol. The Hall–Kier alpha value is -3.23. The third-order valence-corrected chi connectivity index (χ3v) is 8.70. The zero-order chi connectivity index (χ0) is 30.4. The lowest BCUT2D eigenvalue weighted by molar-refractivity contribution is -0.160. The Labute approximate surface area is 250 Å². The molecule has 0 spiro atoms. The number of benzene rings is 1. The van der Waals surface area contributed by atoms with Crippen molar-refractivity contribution in [1.82, 2.24) is 19.9 Å². The molecule has 2 aromatic heterocycles. The van der Waals surface area contributed by atoms with Crippen molar-refractivity contribution in [3.8, 4) is 11.1 Å². The highest BCUT2D eigenvalue weighted by molar-refractivity contribution is 5.88. The number of aliphatic carboxylic acids is 1. The molecule has 8 nitrogen and oxygen atoms in total. The summed E-state index contributed by atoms with van der Waals surface area (Å²) < 4.78 is 6.24. The molecule has 5 rings (SSSR count). The van der Waals surface area contributed by atoms with Crippen molar-refractivity contribution >= 4 is 11.7 Å². The van der Waals surface area contributed by atoms with Crippen LogP contribution in [0.25, 0.3) is 11.1 Å². The number of imidazole rings is 1. The lowest BCUT2D eigenvalue weighted by atomic mass is 9.81. The van der Waals surface area contributed by atoms with Gasteiger partial charge < -0.3 is 19.7 Å². The SMILES string of the molecule is Cc1nc(CN2CCc3cc(-c4c(C)nc(C)c([C@H](OC(C)(C)C)C(=O)O)c4N4CCC(C)(C)CC4)ccc3C2)c[nH]1. The number of aromatic amines is 1. The van der Waals surface area contributed by atoms with E-state index in [2.05, 4.69) is 58.7 Å². The van der Waals surface area contributed by atoms with Gasteiger partial charge in [-0.3, -0.25) is 9.88 Å². The van der Waals surface area contributed by atoms with Gasteiger partial charge in [0.2, 0.25) is 0 Å². The van der Waals surface area contributed by atoms with Crippen LogP contribution in [0.3, 0.4) is 0 Å². The number of hydrogen-bond acceptors (Lipinski definition) is 6. The lowest BCUT2D eigenvalue weighted by Gasteiger charge is -2.41. The number of rotatable bonds is 7. The number of H-pyrrole nitrogens is 1. The van der Waals surface area contributed by atoms with Crippen molar-refractivity contribution in [1.29, 1.82) is 0 Å². The van der Waals surface area contributed by atoms with Gasteiger partial charge in [-0.25, -0.2) is 9.78 Å². The molecule has 1 saturated heterocycles. The summed E-state index contributed by atoms with van der Waals surface area (Å²) in [5.41, 5.74) is 8.77. The Balaban J connectivity index is 1.58. The summed E-state index contributed by atoms with van der Waals surface area (Å²) in [6.45, 7) is 20.7. The van der Waals surface area contributed by atoms with Gasteiger partial charge in [-0.15, -0.1) is 0 Å². The van der Waals surface area contributed by atoms with Crippen molar-refractivity contribution in [3.63, 3.8) is 0 Å². The second-order valence-corrected chi connectivity index (χ2v) is 13.9. The van der Waals surface area contributed by atoms with Gasteiger partial charge in [-0.05, 0) is 82.9 Å². The van der Waals surface area contributed by atoms with Crippen LogP contribution in [0.5, 0.6) is 0 Å². The third kappa shape index (κ3) is 6.55. The van der Waals surface area contributed by atoms with Crippen LogP contribution in [0.4, 0.5) is 5.69 Å². The molecule has 0 amide bonds. The standard InChI is InChI=1S/C34H47N5O3/c1-21-28(25-9-10-26-19-38(14-11-24(26)17-25)20-27-18-35-23(3)37-27)30(39-15-12-34(7,8)13-16-39)29(22(2)36-21)31(32(40)41)42-33(4,5)6/h9-10,17-18,31H,11-16,19-20H2,1-8H3,(H,35,37)(H,40,41)/t31-/m0/s1. The van der Waals surface area contributed by atoms with E-state index >= 15 is 0 Å². The summed E-state index contributed by atoms with van der Waals surface area (Å²) in [4.78, 5) is 30.3. The molecule has 0 radical (unpaired) electrons. The largest absolute Gasteiger partial charge is 0.479 e. The van der Waals surface area contributed by atoms with E-state index in [1.165, 1.54) is 11.1 Å². The highest BCUT2D eigenvalue weighted by atomic mass is 16.5. The first-order valence-corrected chi connectivity index (χ1v) is 15.2. The van der Waals surface area contributed by atoms with E-state index in [9.17, 15) is 9.90 Å². The van der Waals surface area contributed by atoms with Crippen LogP contribution in [0.2, 0.25) is 0 Å². The fourth-order valence-corrected chi connectivity index (χ4v) is 6.43. The van der Waals surface area contributed by atoms with Gasteiger partial charge in [0, 0.05) is 61.4 Å².